The first-order valence-corrected chi connectivity index (χ1v) is 9.95. The molecule has 2 aromatic carbocycles. The molecule has 1 unspecified atom stereocenters. The zero-order chi connectivity index (χ0) is 20.5. The molecule has 1 N–H and O–H groups in total. The van der Waals surface area contributed by atoms with Gasteiger partial charge in [-0.25, -0.2) is 13.6 Å². The highest BCUT2D eigenvalue weighted by Gasteiger charge is 2.18. The smallest absolute Gasteiger partial charge is 0.329 e. The standard InChI is InChI=1S/C22H24F2N4O/c1-3-4-7-27-19-6-5-16(21-25-12-14(2)26-21)10-20(19)28(22(27)29)13-15-8-17(23)11-18(24)9-15/h5-6,8-11,14H,3-4,7,12-13H2,1-2H3,(H,25,26). The van der Waals surface area contributed by atoms with Crippen LogP contribution in [0.3, 0.4) is 0 Å². The molecule has 2 heterocycles. The molecule has 0 radical (unpaired) electrons. The zero-order valence-electron chi connectivity index (χ0n) is 16.6. The fourth-order valence-electron chi connectivity index (χ4n) is 3.76. The number of hydrogen-bond acceptors (Lipinski definition) is 3. The number of benzene rings is 2. The largest absolute Gasteiger partial charge is 0.366 e. The van der Waals surface area contributed by atoms with Gasteiger partial charge in [-0.1, -0.05) is 13.3 Å². The van der Waals surface area contributed by atoms with Crippen molar-refractivity contribution in [2.45, 2.75) is 45.8 Å². The summed E-state index contributed by atoms with van der Waals surface area (Å²) in [5.74, 6) is -0.500. The van der Waals surface area contributed by atoms with Crippen LogP contribution in [0.2, 0.25) is 0 Å². The SMILES string of the molecule is CCCCn1c(=O)n(Cc2cc(F)cc(F)c2)c2cc(C3=NCC(C)N3)ccc21. The van der Waals surface area contributed by atoms with Crippen LogP contribution in [0.1, 0.15) is 37.8 Å². The minimum absolute atomic E-state index is 0.100. The molecule has 0 bridgehead atoms. The highest BCUT2D eigenvalue weighted by Crippen LogP contribution is 2.20. The second kappa shape index (κ2) is 7.81. The van der Waals surface area contributed by atoms with E-state index in [0.29, 0.717) is 18.7 Å². The van der Waals surface area contributed by atoms with Crippen molar-refractivity contribution in [2.24, 2.45) is 4.99 Å². The third kappa shape index (κ3) is 3.81. The molecule has 1 atom stereocenters. The Morgan fingerprint density at radius 3 is 2.52 bits per heavy atom. The number of aromatic nitrogens is 2. The van der Waals surface area contributed by atoms with Gasteiger partial charge in [-0.15, -0.1) is 0 Å². The molecule has 1 aromatic heterocycles. The lowest BCUT2D eigenvalue weighted by molar-refractivity contribution is 0.574. The van der Waals surface area contributed by atoms with Crippen molar-refractivity contribution >= 4 is 16.9 Å². The van der Waals surface area contributed by atoms with Gasteiger partial charge in [-0.2, -0.15) is 0 Å². The van der Waals surface area contributed by atoms with Crippen molar-refractivity contribution in [1.29, 1.82) is 0 Å². The first-order chi connectivity index (χ1) is 14.0. The van der Waals surface area contributed by atoms with Crippen LogP contribution in [0.15, 0.2) is 46.2 Å². The molecular weight excluding hydrogens is 374 g/mol. The number of imidazole rings is 1. The van der Waals surface area contributed by atoms with E-state index in [0.717, 1.165) is 41.3 Å². The Kier molecular flexibility index (Phi) is 5.22. The van der Waals surface area contributed by atoms with Crippen LogP contribution in [0.4, 0.5) is 8.78 Å². The Balaban J connectivity index is 1.83. The fraction of sp³-hybridized carbons (Fsp3) is 0.364. The van der Waals surface area contributed by atoms with Crippen molar-refractivity contribution in [3.05, 3.63) is 69.6 Å². The third-order valence-corrected chi connectivity index (χ3v) is 5.20. The first kappa shape index (κ1) is 19.4. The van der Waals surface area contributed by atoms with Crippen molar-refractivity contribution in [3.63, 3.8) is 0 Å². The number of nitrogens with one attached hydrogen (secondary N) is 1. The van der Waals surface area contributed by atoms with E-state index in [1.807, 2.05) is 18.2 Å². The number of unbranched alkanes of at least 4 members (excludes halogenated alkanes) is 1. The topological polar surface area (TPSA) is 51.3 Å². The zero-order valence-corrected chi connectivity index (χ0v) is 16.6. The predicted molar refractivity (Wildman–Crippen MR) is 111 cm³/mol. The molecule has 0 saturated heterocycles. The number of hydrogen-bond donors (Lipinski definition) is 1. The average molecular weight is 398 g/mol. The number of halogens is 2. The van der Waals surface area contributed by atoms with E-state index in [9.17, 15) is 13.6 Å². The van der Waals surface area contributed by atoms with Crippen LogP contribution >= 0.6 is 0 Å². The molecule has 5 nitrogen and oxygen atoms in total. The van der Waals surface area contributed by atoms with Crippen LogP contribution in [0.25, 0.3) is 11.0 Å². The lowest BCUT2D eigenvalue weighted by Crippen LogP contribution is -2.27. The number of fused-ring (bicyclic) bond motifs is 1. The molecule has 1 aliphatic rings. The summed E-state index contributed by atoms with van der Waals surface area (Å²) in [6, 6.07) is 9.45. The van der Waals surface area contributed by atoms with Crippen molar-refractivity contribution in [1.82, 2.24) is 14.5 Å². The van der Waals surface area contributed by atoms with Gasteiger partial charge < -0.3 is 5.32 Å². The van der Waals surface area contributed by atoms with Crippen LogP contribution in [0, 0.1) is 11.6 Å². The number of aliphatic imine (C=N–C) groups is 1. The fourth-order valence-corrected chi connectivity index (χ4v) is 3.76. The van der Waals surface area contributed by atoms with E-state index in [-0.39, 0.29) is 18.3 Å². The van der Waals surface area contributed by atoms with Gasteiger partial charge >= 0.3 is 5.69 Å². The summed E-state index contributed by atoms with van der Waals surface area (Å²) >= 11 is 0. The van der Waals surface area contributed by atoms with Gasteiger partial charge in [-0.3, -0.25) is 14.1 Å². The molecule has 3 aromatic rings. The molecular formula is C22H24F2N4O. The molecule has 0 spiro atoms. The first-order valence-electron chi connectivity index (χ1n) is 9.95. The number of aryl methyl sites for hydroxylation is 1. The van der Waals surface area contributed by atoms with E-state index in [1.165, 1.54) is 12.1 Å². The van der Waals surface area contributed by atoms with Crippen molar-refractivity contribution < 1.29 is 8.78 Å². The Bertz CT molecular complexity index is 1130. The maximum absolute atomic E-state index is 13.7. The second-order valence-corrected chi connectivity index (χ2v) is 7.59. The number of nitrogens with zero attached hydrogens (tertiary/aromatic N) is 3. The summed E-state index contributed by atoms with van der Waals surface area (Å²) in [7, 11) is 0. The van der Waals surface area contributed by atoms with Gasteiger partial charge in [0.1, 0.15) is 17.5 Å². The highest BCUT2D eigenvalue weighted by molar-refractivity contribution is 6.02. The van der Waals surface area contributed by atoms with Gasteiger partial charge in [0.2, 0.25) is 0 Å². The van der Waals surface area contributed by atoms with E-state index in [2.05, 4.69) is 24.2 Å². The molecule has 0 aliphatic carbocycles. The summed E-state index contributed by atoms with van der Waals surface area (Å²) in [5.41, 5.74) is 2.68. The van der Waals surface area contributed by atoms with E-state index < -0.39 is 11.6 Å². The summed E-state index contributed by atoms with van der Waals surface area (Å²) in [5, 5.41) is 3.33. The predicted octanol–water partition coefficient (Wildman–Crippen LogP) is 3.67. The average Bonchev–Trinajstić information content (AvgIpc) is 3.21. The molecule has 0 amide bonds. The maximum Gasteiger partial charge on any atom is 0.329 e. The molecule has 152 valence electrons. The molecule has 1 aliphatic heterocycles. The number of rotatable bonds is 6. The monoisotopic (exact) mass is 398 g/mol. The molecule has 0 saturated carbocycles. The Hall–Kier alpha value is -2.96. The minimum Gasteiger partial charge on any atom is -0.366 e. The van der Waals surface area contributed by atoms with Crippen LogP contribution in [0.5, 0.6) is 0 Å². The van der Waals surface area contributed by atoms with Gasteiger partial charge in [0, 0.05) is 24.2 Å². The molecule has 0 fully saturated rings. The van der Waals surface area contributed by atoms with Crippen LogP contribution in [-0.2, 0) is 13.1 Å². The van der Waals surface area contributed by atoms with Gasteiger partial charge in [0.05, 0.1) is 24.1 Å². The van der Waals surface area contributed by atoms with Gasteiger partial charge in [0.15, 0.2) is 0 Å². The number of amidine groups is 1. The molecule has 7 heteroatoms. The van der Waals surface area contributed by atoms with E-state index in [1.54, 1.807) is 9.13 Å². The molecule has 4 rings (SSSR count). The van der Waals surface area contributed by atoms with E-state index in [4.69, 9.17) is 0 Å². The third-order valence-electron chi connectivity index (χ3n) is 5.20. The highest BCUT2D eigenvalue weighted by atomic mass is 19.1. The van der Waals surface area contributed by atoms with E-state index >= 15 is 0 Å². The Morgan fingerprint density at radius 1 is 1.10 bits per heavy atom. The van der Waals surface area contributed by atoms with Gasteiger partial charge in [-0.05, 0) is 49.2 Å². The van der Waals surface area contributed by atoms with Crippen molar-refractivity contribution in [3.8, 4) is 0 Å². The van der Waals surface area contributed by atoms with Crippen LogP contribution in [-0.4, -0.2) is 27.6 Å². The molecule has 29 heavy (non-hydrogen) atoms. The Labute approximate surface area is 167 Å². The minimum atomic E-state index is -0.651. The second-order valence-electron chi connectivity index (χ2n) is 7.59. The lowest BCUT2D eigenvalue weighted by atomic mass is 10.1. The Morgan fingerprint density at radius 2 is 1.86 bits per heavy atom. The summed E-state index contributed by atoms with van der Waals surface area (Å²) in [6.07, 6.45) is 1.84. The summed E-state index contributed by atoms with van der Waals surface area (Å²) < 4.78 is 30.7. The maximum atomic E-state index is 13.7. The summed E-state index contributed by atoms with van der Waals surface area (Å²) in [4.78, 5) is 17.7. The summed E-state index contributed by atoms with van der Waals surface area (Å²) in [6.45, 7) is 5.54. The van der Waals surface area contributed by atoms with Crippen molar-refractivity contribution in [2.75, 3.05) is 6.54 Å². The lowest BCUT2D eigenvalue weighted by Gasteiger charge is -2.08. The van der Waals surface area contributed by atoms with Gasteiger partial charge in [0.25, 0.3) is 0 Å². The quantitative estimate of drug-likeness (QED) is 0.689. The van der Waals surface area contributed by atoms with Crippen LogP contribution < -0.4 is 11.0 Å². The normalized spacial score (nSPS) is 16.3.